The van der Waals surface area contributed by atoms with Crippen LogP contribution in [0, 0.1) is 5.41 Å². The first-order valence-electron chi connectivity index (χ1n) is 7.64. The summed E-state index contributed by atoms with van der Waals surface area (Å²) in [5.74, 6) is 0. The van der Waals surface area contributed by atoms with Crippen LogP contribution in [0.4, 0.5) is 0 Å². The Balaban J connectivity index is 1.38. The number of piperidine rings is 1. The van der Waals surface area contributed by atoms with Crippen LogP contribution < -0.4 is 0 Å². The maximum atomic E-state index is 4.26. The molecule has 0 bridgehead atoms. The molecule has 0 aliphatic carbocycles. The molecule has 0 atom stereocenters. The molecule has 3 heterocycles. The molecule has 1 spiro atoms. The molecule has 1 aromatic rings. The summed E-state index contributed by atoms with van der Waals surface area (Å²) >= 11 is 0. The van der Waals surface area contributed by atoms with E-state index in [0.717, 1.165) is 6.54 Å². The van der Waals surface area contributed by atoms with Crippen molar-refractivity contribution in [2.45, 2.75) is 32.2 Å². The number of aromatic nitrogens is 2. The van der Waals surface area contributed by atoms with Crippen molar-refractivity contribution < 1.29 is 0 Å². The second kappa shape index (κ2) is 5.63. The summed E-state index contributed by atoms with van der Waals surface area (Å²) in [5, 5.41) is 4.26. The largest absolute Gasteiger partial charge is 0.306 e. The van der Waals surface area contributed by atoms with Gasteiger partial charge in [-0.1, -0.05) is 0 Å². The van der Waals surface area contributed by atoms with Crippen LogP contribution in [0.3, 0.4) is 0 Å². The highest BCUT2D eigenvalue weighted by molar-refractivity contribution is 4.92. The van der Waals surface area contributed by atoms with Crippen LogP contribution in [0.1, 0.15) is 25.7 Å². The molecular formula is C15H26N4. The topological polar surface area (TPSA) is 24.3 Å². The van der Waals surface area contributed by atoms with E-state index in [4.69, 9.17) is 0 Å². The zero-order valence-corrected chi connectivity index (χ0v) is 12.1. The zero-order chi connectivity index (χ0) is 13.1. The molecule has 106 valence electrons. The Morgan fingerprint density at radius 1 is 1.11 bits per heavy atom. The normalized spacial score (nSPS) is 24.3. The molecule has 1 aromatic heterocycles. The van der Waals surface area contributed by atoms with Crippen molar-refractivity contribution in [2.24, 2.45) is 5.41 Å². The molecule has 2 aliphatic rings. The Morgan fingerprint density at radius 2 is 1.89 bits per heavy atom. The van der Waals surface area contributed by atoms with Crippen molar-refractivity contribution in [3.8, 4) is 0 Å². The van der Waals surface area contributed by atoms with Crippen molar-refractivity contribution in [1.82, 2.24) is 19.6 Å². The van der Waals surface area contributed by atoms with Gasteiger partial charge in [0.1, 0.15) is 0 Å². The van der Waals surface area contributed by atoms with Crippen LogP contribution in [-0.2, 0) is 6.54 Å². The zero-order valence-electron chi connectivity index (χ0n) is 12.1. The van der Waals surface area contributed by atoms with Gasteiger partial charge >= 0.3 is 0 Å². The van der Waals surface area contributed by atoms with E-state index in [1.54, 1.807) is 0 Å². The van der Waals surface area contributed by atoms with Gasteiger partial charge in [-0.05, 0) is 70.4 Å². The summed E-state index contributed by atoms with van der Waals surface area (Å²) in [5.41, 5.74) is 0.660. The fourth-order valence-corrected chi connectivity index (χ4v) is 3.71. The SMILES string of the molecule is CN1CCC2(CCN(CCCn3cccn3)CC2)C1. The van der Waals surface area contributed by atoms with E-state index in [2.05, 4.69) is 28.1 Å². The van der Waals surface area contributed by atoms with Gasteiger partial charge in [-0.15, -0.1) is 0 Å². The Hall–Kier alpha value is -0.870. The maximum Gasteiger partial charge on any atom is 0.0489 e. The lowest BCUT2D eigenvalue weighted by Crippen LogP contribution is -2.41. The first-order valence-corrected chi connectivity index (χ1v) is 7.64. The number of aryl methyl sites for hydroxylation is 1. The number of likely N-dealkylation sites (tertiary alicyclic amines) is 2. The van der Waals surface area contributed by atoms with Crippen molar-refractivity contribution in [3.05, 3.63) is 18.5 Å². The van der Waals surface area contributed by atoms with E-state index in [1.807, 2.05) is 16.9 Å². The number of hydrogen-bond acceptors (Lipinski definition) is 3. The monoisotopic (exact) mass is 262 g/mol. The third kappa shape index (κ3) is 3.18. The molecule has 2 saturated heterocycles. The lowest BCUT2D eigenvalue weighted by molar-refractivity contribution is 0.108. The molecule has 3 rings (SSSR count). The highest BCUT2D eigenvalue weighted by atomic mass is 15.3. The fourth-order valence-electron chi connectivity index (χ4n) is 3.71. The molecule has 0 unspecified atom stereocenters. The molecule has 2 fully saturated rings. The Labute approximate surface area is 116 Å². The van der Waals surface area contributed by atoms with Crippen molar-refractivity contribution >= 4 is 0 Å². The molecule has 4 heteroatoms. The minimum absolute atomic E-state index is 0.660. The summed E-state index contributed by atoms with van der Waals surface area (Å²) < 4.78 is 2.04. The summed E-state index contributed by atoms with van der Waals surface area (Å²) in [6.07, 6.45) is 9.36. The third-order valence-electron chi connectivity index (χ3n) is 4.97. The predicted molar refractivity (Wildman–Crippen MR) is 77.1 cm³/mol. The Kier molecular flexibility index (Phi) is 3.89. The average Bonchev–Trinajstić information content (AvgIpc) is 3.03. The van der Waals surface area contributed by atoms with Crippen LogP contribution in [0.15, 0.2) is 18.5 Å². The highest BCUT2D eigenvalue weighted by Gasteiger charge is 2.38. The van der Waals surface area contributed by atoms with Gasteiger partial charge < -0.3 is 9.80 Å². The average molecular weight is 262 g/mol. The third-order valence-corrected chi connectivity index (χ3v) is 4.97. The van der Waals surface area contributed by atoms with Crippen LogP contribution in [0.25, 0.3) is 0 Å². The summed E-state index contributed by atoms with van der Waals surface area (Å²) in [6.45, 7) is 7.51. The lowest BCUT2D eigenvalue weighted by Gasteiger charge is -2.39. The highest BCUT2D eigenvalue weighted by Crippen LogP contribution is 2.39. The van der Waals surface area contributed by atoms with Gasteiger partial charge in [-0.25, -0.2) is 0 Å². The van der Waals surface area contributed by atoms with Crippen molar-refractivity contribution in [3.63, 3.8) is 0 Å². The molecule has 0 amide bonds. The molecule has 4 nitrogen and oxygen atoms in total. The Bertz CT molecular complexity index is 379. The second-order valence-electron chi connectivity index (χ2n) is 6.45. The quantitative estimate of drug-likeness (QED) is 0.825. The van der Waals surface area contributed by atoms with Gasteiger partial charge in [0.2, 0.25) is 0 Å². The number of hydrogen-bond donors (Lipinski definition) is 0. The van der Waals surface area contributed by atoms with Gasteiger partial charge in [0.25, 0.3) is 0 Å². The van der Waals surface area contributed by atoms with E-state index in [0.29, 0.717) is 5.41 Å². The summed E-state index contributed by atoms with van der Waals surface area (Å²) in [7, 11) is 2.27. The van der Waals surface area contributed by atoms with E-state index in [-0.39, 0.29) is 0 Å². The molecule has 0 radical (unpaired) electrons. The number of rotatable bonds is 4. The van der Waals surface area contributed by atoms with Gasteiger partial charge in [-0.3, -0.25) is 4.68 Å². The predicted octanol–water partition coefficient (Wildman–Crippen LogP) is 1.69. The van der Waals surface area contributed by atoms with Crippen molar-refractivity contribution in [1.29, 1.82) is 0 Å². The smallest absolute Gasteiger partial charge is 0.0489 e. The maximum absolute atomic E-state index is 4.26. The first-order chi connectivity index (χ1) is 9.26. The van der Waals surface area contributed by atoms with E-state index in [9.17, 15) is 0 Å². The van der Waals surface area contributed by atoms with Gasteiger partial charge in [-0.2, -0.15) is 5.10 Å². The molecule has 2 aliphatic heterocycles. The van der Waals surface area contributed by atoms with Gasteiger partial charge in [0, 0.05) is 25.5 Å². The van der Waals surface area contributed by atoms with Crippen LogP contribution in [-0.4, -0.2) is 59.4 Å². The summed E-state index contributed by atoms with van der Waals surface area (Å²) in [6, 6.07) is 2.00. The molecule has 0 saturated carbocycles. The molecule has 0 aromatic carbocycles. The second-order valence-corrected chi connectivity index (χ2v) is 6.45. The molecule has 0 N–H and O–H groups in total. The Morgan fingerprint density at radius 3 is 2.53 bits per heavy atom. The minimum Gasteiger partial charge on any atom is -0.306 e. The van der Waals surface area contributed by atoms with E-state index < -0.39 is 0 Å². The first kappa shape index (κ1) is 13.1. The van der Waals surface area contributed by atoms with Crippen LogP contribution in [0.5, 0.6) is 0 Å². The van der Waals surface area contributed by atoms with Crippen molar-refractivity contribution in [2.75, 3.05) is 39.8 Å². The van der Waals surface area contributed by atoms with E-state index >= 15 is 0 Å². The number of nitrogens with zero attached hydrogens (tertiary/aromatic N) is 4. The standard InChI is InChI=1S/C15H26N4/c1-17-11-4-15(14-17)5-12-18(13-6-15)8-3-10-19-9-2-7-16-19/h2,7,9H,3-6,8,10-14H2,1H3. The van der Waals surface area contributed by atoms with Crippen LogP contribution >= 0.6 is 0 Å². The molecular weight excluding hydrogens is 236 g/mol. The fraction of sp³-hybridized carbons (Fsp3) is 0.800. The molecule has 19 heavy (non-hydrogen) atoms. The van der Waals surface area contributed by atoms with Gasteiger partial charge in [0.05, 0.1) is 0 Å². The van der Waals surface area contributed by atoms with Crippen LogP contribution in [0.2, 0.25) is 0 Å². The van der Waals surface area contributed by atoms with Gasteiger partial charge in [0.15, 0.2) is 0 Å². The lowest BCUT2D eigenvalue weighted by atomic mass is 9.78. The van der Waals surface area contributed by atoms with E-state index in [1.165, 1.54) is 58.4 Å². The minimum atomic E-state index is 0.660. The summed E-state index contributed by atoms with van der Waals surface area (Å²) in [4.78, 5) is 5.15.